The highest BCUT2D eigenvalue weighted by Gasteiger charge is 2.31. The molecule has 1 amide bonds. The first kappa shape index (κ1) is 21.6. The summed E-state index contributed by atoms with van der Waals surface area (Å²) >= 11 is 0. The average Bonchev–Trinajstić information content (AvgIpc) is 3.10. The van der Waals surface area contributed by atoms with E-state index < -0.39 is 18.4 Å². The van der Waals surface area contributed by atoms with Gasteiger partial charge in [-0.05, 0) is 36.4 Å². The number of carbonyl (C=O) groups excluding carboxylic acids is 1. The van der Waals surface area contributed by atoms with Gasteiger partial charge in [0.05, 0.1) is 29.4 Å². The lowest BCUT2D eigenvalue weighted by atomic mass is 9.92. The number of halogens is 3. The maximum atomic E-state index is 12.4. The van der Waals surface area contributed by atoms with Crippen molar-refractivity contribution in [2.75, 3.05) is 0 Å². The van der Waals surface area contributed by atoms with Crippen LogP contribution in [0.15, 0.2) is 49.2 Å². The van der Waals surface area contributed by atoms with E-state index in [1.54, 1.807) is 6.07 Å². The number of alkyl halides is 3. The summed E-state index contributed by atoms with van der Waals surface area (Å²) in [5.74, 6) is -0.274. The summed E-state index contributed by atoms with van der Waals surface area (Å²) in [4.78, 5) is 16.0. The van der Waals surface area contributed by atoms with E-state index in [1.807, 2.05) is 0 Å². The predicted octanol–water partition coefficient (Wildman–Crippen LogP) is 3.02. The molecule has 2 N–H and O–H groups in total. The van der Waals surface area contributed by atoms with Gasteiger partial charge in [-0.25, -0.2) is 9.67 Å². The number of carbonyl (C=O) groups is 1. The zero-order chi connectivity index (χ0) is 22.9. The highest BCUT2D eigenvalue weighted by molar-refractivity contribution is 5.89. The topological polar surface area (TPSA) is 98.5 Å². The number of hydrogen-bond acceptors (Lipinski definition) is 6. The molecule has 11 heteroatoms. The first-order valence-electron chi connectivity index (χ1n) is 9.71. The summed E-state index contributed by atoms with van der Waals surface area (Å²) in [6, 6.07) is 6.84. The van der Waals surface area contributed by atoms with Gasteiger partial charge in [-0.2, -0.15) is 5.10 Å². The molecule has 0 aliphatic heterocycles. The molecule has 1 saturated carbocycles. The normalized spacial score (nSPS) is 18.1. The third-order valence-electron chi connectivity index (χ3n) is 4.90. The number of aliphatic hydroxyl groups excluding tert-OH is 1. The lowest BCUT2D eigenvalue weighted by Gasteiger charge is -2.31. The Labute approximate surface area is 180 Å². The Bertz CT molecular complexity index is 1140. The van der Waals surface area contributed by atoms with Gasteiger partial charge in [-0.1, -0.05) is 6.58 Å². The molecule has 1 aliphatic rings. The molecule has 0 bridgehead atoms. The van der Waals surface area contributed by atoms with Crippen LogP contribution in [0.1, 0.15) is 18.5 Å². The molecule has 168 valence electrons. The number of benzene rings is 1. The molecule has 0 saturated heterocycles. The van der Waals surface area contributed by atoms with Gasteiger partial charge in [0.2, 0.25) is 5.91 Å². The number of hydrogen-bond donors (Lipinski definition) is 2. The van der Waals surface area contributed by atoms with Gasteiger partial charge in [0.25, 0.3) is 0 Å². The quantitative estimate of drug-likeness (QED) is 0.540. The van der Waals surface area contributed by atoms with Crippen LogP contribution in [-0.2, 0) is 11.3 Å². The molecule has 4 rings (SSSR count). The number of pyridine rings is 1. The van der Waals surface area contributed by atoms with Crippen molar-refractivity contribution in [1.82, 2.24) is 20.1 Å². The second-order valence-corrected chi connectivity index (χ2v) is 7.19. The standard InChI is InChI=1S/C21H19F3N4O4/c1-2-18(30)26-11-16-19-17(31-15-9-13(29)10-15)7-8-25-20(19)28(27-16)12-3-5-14(6-4-12)32-21(22,23)24/h2-8,13,15,29H,1,9-11H2,(H,26,30). The zero-order valence-corrected chi connectivity index (χ0v) is 16.7. The lowest BCUT2D eigenvalue weighted by Crippen LogP contribution is -2.37. The molecule has 1 aromatic carbocycles. The SMILES string of the molecule is C=CC(=O)NCc1nn(-c2ccc(OC(F)(F)F)cc2)c2nccc(OC3CC(O)C3)c12. The van der Waals surface area contributed by atoms with Crippen molar-refractivity contribution in [3.8, 4) is 17.2 Å². The first-order chi connectivity index (χ1) is 15.2. The minimum Gasteiger partial charge on any atom is -0.489 e. The van der Waals surface area contributed by atoms with E-state index >= 15 is 0 Å². The summed E-state index contributed by atoms with van der Waals surface area (Å²) in [6.45, 7) is 3.47. The van der Waals surface area contributed by atoms with Crippen molar-refractivity contribution in [1.29, 1.82) is 0 Å². The van der Waals surface area contributed by atoms with Gasteiger partial charge < -0.3 is 19.9 Å². The van der Waals surface area contributed by atoms with Crippen molar-refractivity contribution in [2.45, 2.75) is 38.0 Å². The number of ether oxygens (including phenoxy) is 2. The van der Waals surface area contributed by atoms with Gasteiger partial charge in [0.1, 0.15) is 17.6 Å². The Morgan fingerprint density at radius 1 is 1.28 bits per heavy atom. The largest absolute Gasteiger partial charge is 0.573 e. The van der Waals surface area contributed by atoms with Crippen LogP contribution >= 0.6 is 0 Å². The molecule has 3 aromatic rings. The minimum atomic E-state index is -4.79. The van der Waals surface area contributed by atoms with Crippen molar-refractivity contribution in [3.63, 3.8) is 0 Å². The molecule has 2 heterocycles. The van der Waals surface area contributed by atoms with Crippen molar-refractivity contribution >= 4 is 16.9 Å². The number of fused-ring (bicyclic) bond motifs is 1. The smallest absolute Gasteiger partial charge is 0.489 e. The van der Waals surface area contributed by atoms with Gasteiger partial charge in [-0.15, -0.1) is 13.2 Å². The van der Waals surface area contributed by atoms with Crippen LogP contribution in [0.3, 0.4) is 0 Å². The monoisotopic (exact) mass is 448 g/mol. The number of nitrogens with zero attached hydrogens (tertiary/aromatic N) is 3. The number of nitrogens with one attached hydrogen (secondary N) is 1. The summed E-state index contributed by atoms with van der Waals surface area (Å²) in [5.41, 5.74) is 1.29. The van der Waals surface area contributed by atoms with Crippen LogP contribution in [0.2, 0.25) is 0 Å². The maximum absolute atomic E-state index is 12.4. The fraction of sp³-hybridized carbons (Fsp3) is 0.286. The molecular formula is C21H19F3N4O4. The van der Waals surface area contributed by atoms with E-state index in [-0.39, 0.29) is 18.4 Å². The van der Waals surface area contributed by atoms with E-state index in [2.05, 4.69) is 26.7 Å². The number of rotatable bonds is 7. The van der Waals surface area contributed by atoms with Gasteiger partial charge in [0, 0.05) is 19.0 Å². The highest BCUT2D eigenvalue weighted by atomic mass is 19.4. The zero-order valence-electron chi connectivity index (χ0n) is 16.7. The maximum Gasteiger partial charge on any atom is 0.573 e. The molecule has 0 spiro atoms. The predicted molar refractivity (Wildman–Crippen MR) is 107 cm³/mol. The van der Waals surface area contributed by atoms with E-state index in [9.17, 15) is 23.1 Å². The second-order valence-electron chi connectivity index (χ2n) is 7.19. The Balaban J connectivity index is 1.72. The fourth-order valence-corrected chi connectivity index (χ4v) is 3.33. The van der Waals surface area contributed by atoms with Gasteiger partial charge in [0.15, 0.2) is 5.65 Å². The van der Waals surface area contributed by atoms with Crippen LogP contribution in [0.5, 0.6) is 11.5 Å². The molecule has 2 aromatic heterocycles. The number of aromatic nitrogens is 3. The average molecular weight is 448 g/mol. The molecule has 32 heavy (non-hydrogen) atoms. The lowest BCUT2D eigenvalue weighted by molar-refractivity contribution is -0.274. The summed E-state index contributed by atoms with van der Waals surface area (Å²) in [6.07, 6.45) is -1.69. The van der Waals surface area contributed by atoms with Crippen LogP contribution < -0.4 is 14.8 Å². The molecular weight excluding hydrogens is 429 g/mol. The molecule has 8 nitrogen and oxygen atoms in total. The van der Waals surface area contributed by atoms with E-state index in [0.717, 1.165) is 6.08 Å². The van der Waals surface area contributed by atoms with Crippen LogP contribution in [-0.4, -0.2) is 44.3 Å². The Kier molecular flexibility index (Phi) is 5.74. The second kappa shape index (κ2) is 8.50. The van der Waals surface area contributed by atoms with E-state index in [1.165, 1.54) is 35.1 Å². The van der Waals surface area contributed by atoms with Crippen molar-refractivity contribution in [3.05, 3.63) is 54.9 Å². The first-order valence-corrected chi connectivity index (χ1v) is 9.71. The summed E-state index contributed by atoms with van der Waals surface area (Å²) in [7, 11) is 0. The highest BCUT2D eigenvalue weighted by Crippen LogP contribution is 2.34. The molecule has 0 radical (unpaired) electrons. The van der Waals surface area contributed by atoms with Crippen molar-refractivity contribution in [2.24, 2.45) is 0 Å². The van der Waals surface area contributed by atoms with E-state index in [0.29, 0.717) is 41.0 Å². The van der Waals surface area contributed by atoms with Crippen LogP contribution in [0.4, 0.5) is 13.2 Å². The third kappa shape index (κ3) is 4.67. The third-order valence-corrected chi connectivity index (χ3v) is 4.90. The minimum absolute atomic E-state index is 0.0545. The summed E-state index contributed by atoms with van der Waals surface area (Å²) < 4.78 is 48.7. The Morgan fingerprint density at radius 2 is 2.00 bits per heavy atom. The van der Waals surface area contributed by atoms with Crippen LogP contribution in [0, 0.1) is 0 Å². The Morgan fingerprint density at radius 3 is 2.62 bits per heavy atom. The van der Waals surface area contributed by atoms with Crippen molar-refractivity contribution < 1.29 is 32.5 Å². The van der Waals surface area contributed by atoms with E-state index in [4.69, 9.17) is 4.74 Å². The molecule has 1 fully saturated rings. The van der Waals surface area contributed by atoms with Crippen LogP contribution in [0.25, 0.3) is 16.7 Å². The fourth-order valence-electron chi connectivity index (χ4n) is 3.33. The summed E-state index contributed by atoms with van der Waals surface area (Å²) in [5, 5.41) is 17.3. The molecule has 1 aliphatic carbocycles. The number of amides is 1. The molecule has 0 unspecified atom stereocenters. The van der Waals surface area contributed by atoms with Gasteiger partial charge >= 0.3 is 6.36 Å². The Hall–Kier alpha value is -3.60. The number of aliphatic hydroxyl groups is 1. The van der Waals surface area contributed by atoms with Gasteiger partial charge in [-0.3, -0.25) is 4.79 Å². The molecule has 0 atom stereocenters.